The zero-order chi connectivity index (χ0) is 12.0. The summed E-state index contributed by atoms with van der Waals surface area (Å²) in [7, 11) is 0. The van der Waals surface area contributed by atoms with Crippen molar-refractivity contribution in [1.29, 1.82) is 10.8 Å². The zero-order valence-corrected chi connectivity index (χ0v) is 8.15. The molecular formula is C11H7N3O2. The van der Waals surface area contributed by atoms with E-state index in [-0.39, 0.29) is 11.3 Å². The van der Waals surface area contributed by atoms with E-state index in [1.54, 1.807) is 0 Å². The van der Waals surface area contributed by atoms with Gasteiger partial charge in [0.25, 0.3) is 0 Å². The van der Waals surface area contributed by atoms with E-state index in [2.05, 4.69) is 4.98 Å². The number of carbonyl (C=O) groups excluding carboxylic acids is 2. The van der Waals surface area contributed by atoms with Crippen molar-refractivity contribution >= 4 is 23.3 Å². The maximum Gasteiger partial charge on any atom is 0.213 e. The number of rotatable bonds is 4. The van der Waals surface area contributed by atoms with Gasteiger partial charge >= 0.3 is 0 Å². The van der Waals surface area contributed by atoms with Crippen LogP contribution in [0.1, 0.15) is 20.8 Å². The molecule has 0 bridgehead atoms. The van der Waals surface area contributed by atoms with Crippen molar-refractivity contribution < 1.29 is 9.59 Å². The number of ketones is 2. The third-order valence-corrected chi connectivity index (χ3v) is 1.71. The summed E-state index contributed by atoms with van der Waals surface area (Å²) in [5.74, 6) is 2.87. The fourth-order valence-corrected chi connectivity index (χ4v) is 0.974. The Balaban J connectivity index is 2.99. The fraction of sp³-hybridized carbons (Fsp3) is 0. The minimum Gasteiger partial charge on any atom is -0.288 e. The van der Waals surface area contributed by atoms with Gasteiger partial charge in [-0.3, -0.25) is 25.4 Å². The molecule has 5 heteroatoms. The van der Waals surface area contributed by atoms with Crippen LogP contribution in [0.2, 0.25) is 0 Å². The van der Waals surface area contributed by atoms with Crippen molar-refractivity contribution in [3.8, 4) is 0 Å². The van der Waals surface area contributed by atoms with E-state index >= 15 is 0 Å². The Kier molecular flexibility index (Phi) is 3.81. The molecule has 0 aliphatic heterocycles. The average Bonchev–Trinajstić information content (AvgIpc) is 2.30. The summed E-state index contributed by atoms with van der Waals surface area (Å²) < 4.78 is 0. The topological polar surface area (TPSA) is 94.7 Å². The number of nitrogens with one attached hydrogen (secondary N) is 2. The van der Waals surface area contributed by atoms with E-state index in [9.17, 15) is 9.59 Å². The van der Waals surface area contributed by atoms with E-state index < -0.39 is 11.6 Å². The summed E-state index contributed by atoms with van der Waals surface area (Å²) in [6.45, 7) is 0. The molecular weight excluding hydrogens is 206 g/mol. The molecule has 16 heavy (non-hydrogen) atoms. The molecule has 78 valence electrons. The lowest BCUT2D eigenvalue weighted by molar-refractivity contribution is 0.103. The van der Waals surface area contributed by atoms with Crippen LogP contribution >= 0.6 is 0 Å². The fourth-order valence-electron chi connectivity index (χ4n) is 0.974. The van der Waals surface area contributed by atoms with Crippen LogP contribution in [0.3, 0.4) is 0 Å². The second-order valence-corrected chi connectivity index (χ2v) is 2.74. The van der Waals surface area contributed by atoms with Crippen molar-refractivity contribution in [3.05, 3.63) is 41.7 Å². The second kappa shape index (κ2) is 5.32. The third-order valence-electron chi connectivity index (χ3n) is 1.71. The lowest BCUT2D eigenvalue weighted by atomic mass is 10.1. The van der Waals surface area contributed by atoms with Crippen LogP contribution in [0.5, 0.6) is 0 Å². The number of carbonyl (C=O) groups is 2. The van der Waals surface area contributed by atoms with E-state index in [0.717, 1.165) is 12.2 Å². The van der Waals surface area contributed by atoms with Gasteiger partial charge in [-0.05, 0) is 23.9 Å². The standard InChI is InChI=1S/C11H7N3O2/c12-5-3-10(15)8-1-2-9(14-7-8)11(16)4-6-13/h1-4,7,12-13H. The van der Waals surface area contributed by atoms with Crippen LogP contribution in [0.15, 0.2) is 30.5 Å². The highest BCUT2D eigenvalue weighted by atomic mass is 16.1. The minimum absolute atomic E-state index is 0.134. The van der Waals surface area contributed by atoms with Gasteiger partial charge in [-0.15, -0.1) is 0 Å². The first kappa shape index (κ1) is 11.5. The zero-order valence-electron chi connectivity index (χ0n) is 8.15. The molecule has 1 rings (SSSR count). The number of allylic oxidation sites excluding steroid dienone is 2. The van der Waals surface area contributed by atoms with Gasteiger partial charge in [-0.1, -0.05) is 0 Å². The number of hydrogen-bond donors (Lipinski definition) is 2. The second-order valence-electron chi connectivity index (χ2n) is 2.74. The highest BCUT2D eigenvalue weighted by Crippen LogP contribution is 2.02. The molecule has 0 aliphatic rings. The lowest BCUT2D eigenvalue weighted by Gasteiger charge is -1.96. The summed E-state index contributed by atoms with van der Waals surface area (Å²) in [6.07, 6.45) is 3.15. The monoisotopic (exact) mass is 213 g/mol. The highest BCUT2D eigenvalue weighted by Gasteiger charge is 2.06. The molecule has 0 spiro atoms. The largest absolute Gasteiger partial charge is 0.288 e. The molecule has 0 aromatic carbocycles. The molecule has 0 saturated heterocycles. The predicted octanol–water partition coefficient (Wildman–Crippen LogP) is 1.06. The van der Waals surface area contributed by atoms with Gasteiger partial charge in [-0.25, -0.2) is 0 Å². The van der Waals surface area contributed by atoms with E-state index in [4.69, 9.17) is 10.8 Å². The SMILES string of the molecule is N=C=CC(=O)c1ccc(C(=O)C=C=N)nc1. The van der Waals surface area contributed by atoms with Crippen molar-refractivity contribution in [2.75, 3.05) is 0 Å². The van der Waals surface area contributed by atoms with Crippen LogP contribution in [0.4, 0.5) is 0 Å². The Morgan fingerprint density at radius 3 is 2.25 bits per heavy atom. The molecule has 0 amide bonds. The summed E-state index contributed by atoms with van der Waals surface area (Å²) in [4.78, 5) is 26.2. The first-order valence-corrected chi connectivity index (χ1v) is 4.24. The van der Waals surface area contributed by atoms with Crippen molar-refractivity contribution in [1.82, 2.24) is 4.98 Å². The van der Waals surface area contributed by atoms with Crippen molar-refractivity contribution in [2.24, 2.45) is 0 Å². The van der Waals surface area contributed by atoms with Gasteiger partial charge in [0, 0.05) is 23.9 Å². The first-order chi connectivity index (χ1) is 7.69. The smallest absolute Gasteiger partial charge is 0.213 e. The van der Waals surface area contributed by atoms with Gasteiger partial charge < -0.3 is 0 Å². The summed E-state index contributed by atoms with van der Waals surface area (Å²) >= 11 is 0. The molecule has 0 saturated carbocycles. The number of hydrogen-bond acceptors (Lipinski definition) is 5. The highest BCUT2D eigenvalue weighted by molar-refractivity contribution is 6.10. The maximum absolute atomic E-state index is 11.2. The number of aromatic nitrogens is 1. The maximum atomic E-state index is 11.2. The molecule has 1 heterocycles. The third kappa shape index (κ3) is 2.69. The molecule has 0 fully saturated rings. The Bertz CT molecular complexity index is 470. The molecule has 0 radical (unpaired) electrons. The van der Waals surface area contributed by atoms with Gasteiger partial charge in [-0.2, -0.15) is 0 Å². The molecule has 0 aliphatic carbocycles. The van der Waals surface area contributed by atoms with Crippen LogP contribution < -0.4 is 0 Å². The number of nitrogens with zero attached hydrogens (tertiary/aromatic N) is 1. The van der Waals surface area contributed by atoms with Crippen LogP contribution in [0.25, 0.3) is 0 Å². The minimum atomic E-state index is -0.448. The molecule has 2 N–H and O–H groups in total. The Morgan fingerprint density at radius 1 is 1.12 bits per heavy atom. The average molecular weight is 213 g/mol. The van der Waals surface area contributed by atoms with Gasteiger partial charge in [0.1, 0.15) is 5.69 Å². The quantitative estimate of drug-likeness (QED) is 0.444. The van der Waals surface area contributed by atoms with Gasteiger partial charge in [0.15, 0.2) is 5.78 Å². The normalized spacial score (nSPS) is 8.50. The predicted molar refractivity (Wildman–Crippen MR) is 57.5 cm³/mol. The Morgan fingerprint density at radius 2 is 1.75 bits per heavy atom. The van der Waals surface area contributed by atoms with Gasteiger partial charge in [0.05, 0.1) is 0 Å². The molecule has 5 nitrogen and oxygen atoms in total. The van der Waals surface area contributed by atoms with Crippen LogP contribution in [-0.4, -0.2) is 28.3 Å². The Labute approximate surface area is 91.2 Å². The molecule has 0 unspecified atom stereocenters. The summed E-state index contributed by atoms with van der Waals surface area (Å²) in [5, 5.41) is 13.2. The van der Waals surface area contributed by atoms with Crippen LogP contribution in [0, 0.1) is 10.8 Å². The lowest BCUT2D eigenvalue weighted by Crippen LogP contribution is -2.01. The van der Waals surface area contributed by atoms with E-state index in [1.807, 2.05) is 11.7 Å². The summed E-state index contributed by atoms with van der Waals surface area (Å²) in [5.41, 5.74) is 0.408. The Hall–Kier alpha value is -2.61. The molecule has 1 aromatic heterocycles. The number of pyridine rings is 1. The molecule has 1 aromatic rings. The summed E-state index contributed by atoms with van der Waals surface area (Å²) in [6, 6.07) is 2.80. The van der Waals surface area contributed by atoms with E-state index in [1.165, 1.54) is 18.3 Å². The van der Waals surface area contributed by atoms with Crippen molar-refractivity contribution in [3.63, 3.8) is 0 Å². The van der Waals surface area contributed by atoms with Gasteiger partial charge in [0.2, 0.25) is 5.78 Å². The van der Waals surface area contributed by atoms with Crippen LogP contribution in [-0.2, 0) is 0 Å². The first-order valence-electron chi connectivity index (χ1n) is 4.24. The molecule has 0 atom stereocenters. The van der Waals surface area contributed by atoms with Crippen molar-refractivity contribution in [2.45, 2.75) is 0 Å². The van der Waals surface area contributed by atoms with E-state index in [0.29, 0.717) is 0 Å².